The van der Waals surface area contributed by atoms with Crippen molar-refractivity contribution in [3.05, 3.63) is 58.3 Å². The van der Waals surface area contributed by atoms with Crippen LogP contribution in [0, 0.1) is 6.92 Å². The Morgan fingerprint density at radius 3 is 2.65 bits per heavy atom. The number of nitrogens with zero attached hydrogens (tertiary/aromatic N) is 2. The molecule has 0 radical (unpaired) electrons. The first-order valence-corrected chi connectivity index (χ1v) is 9.84. The largest absolute Gasteiger partial charge is 0.335 e. The number of urea groups is 1. The SMILES string of the molecule is Cc1ccc(NC(=O)NC2CCN(CCc3ccncc3)CC2)c(Br)c1. The van der Waals surface area contributed by atoms with Crippen LogP contribution < -0.4 is 10.6 Å². The molecule has 2 N–H and O–H groups in total. The Balaban J connectivity index is 1.40. The van der Waals surface area contributed by atoms with E-state index in [0.29, 0.717) is 0 Å². The van der Waals surface area contributed by atoms with E-state index >= 15 is 0 Å². The summed E-state index contributed by atoms with van der Waals surface area (Å²) in [5.41, 5.74) is 3.27. The summed E-state index contributed by atoms with van der Waals surface area (Å²) in [6.45, 7) is 5.12. The van der Waals surface area contributed by atoms with E-state index in [0.717, 1.165) is 54.6 Å². The monoisotopic (exact) mass is 416 g/mol. The summed E-state index contributed by atoms with van der Waals surface area (Å²) in [6, 6.07) is 10.1. The molecule has 1 aromatic heterocycles. The maximum Gasteiger partial charge on any atom is 0.319 e. The normalized spacial score (nSPS) is 15.6. The maximum absolute atomic E-state index is 12.2. The lowest BCUT2D eigenvalue weighted by atomic mass is 10.0. The number of aromatic nitrogens is 1. The molecule has 2 aromatic rings. The second-order valence-corrected chi connectivity index (χ2v) is 7.66. The van der Waals surface area contributed by atoms with Crippen molar-refractivity contribution in [2.45, 2.75) is 32.2 Å². The van der Waals surface area contributed by atoms with Gasteiger partial charge < -0.3 is 15.5 Å². The predicted molar refractivity (Wildman–Crippen MR) is 108 cm³/mol. The molecular weight excluding hydrogens is 392 g/mol. The van der Waals surface area contributed by atoms with E-state index in [2.05, 4.69) is 48.6 Å². The maximum atomic E-state index is 12.2. The number of likely N-dealkylation sites (tertiary alicyclic amines) is 1. The molecule has 1 aliphatic heterocycles. The van der Waals surface area contributed by atoms with Crippen molar-refractivity contribution >= 4 is 27.6 Å². The van der Waals surface area contributed by atoms with Gasteiger partial charge in [-0.05, 0) is 77.5 Å². The quantitative estimate of drug-likeness (QED) is 0.774. The third-order valence-electron chi connectivity index (χ3n) is 4.76. The number of benzene rings is 1. The average molecular weight is 417 g/mol. The van der Waals surface area contributed by atoms with Crippen LogP contribution in [0.5, 0.6) is 0 Å². The smallest absolute Gasteiger partial charge is 0.319 e. The van der Waals surface area contributed by atoms with Gasteiger partial charge in [0.25, 0.3) is 0 Å². The van der Waals surface area contributed by atoms with Crippen molar-refractivity contribution in [2.75, 3.05) is 25.0 Å². The first-order valence-electron chi connectivity index (χ1n) is 9.05. The summed E-state index contributed by atoms with van der Waals surface area (Å²) in [7, 11) is 0. The lowest BCUT2D eigenvalue weighted by Crippen LogP contribution is -2.46. The highest BCUT2D eigenvalue weighted by Gasteiger charge is 2.20. The van der Waals surface area contributed by atoms with Gasteiger partial charge in [-0.1, -0.05) is 6.07 Å². The van der Waals surface area contributed by atoms with Gasteiger partial charge in [0.15, 0.2) is 0 Å². The Morgan fingerprint density at radius 1 is 1.23 bits per heavy atom. The third kappa shape index (κ3) is 5.54. The highest BCUT2D eigenvalue weighted by atomic mass is 79.9. The number of rotatable bonds is 5. The Hall–Kier alpha value is -1.92. The zero-order chi connectivity index (χ0) is 18.4. The van der Waals surface area contributed by atoms with Gasteiger partial charge in [-0.15, -0.1) is 0 Å². The van der Waals surface area contributed by atoms with E-state index in [9.17, 15) is 4.79 Å². The standard InChI is InChI=1S/C20H25BrN4O/c1-15-2-3-19(18(21)14-15)24-20(26)23-17-7-12-25(13-8-17)11-6-16-4-9-22-10-5-16/h2-5,9-10,14,17H,6-8,11-13H2,1H3,(H2,23,24,26). The molecule has 2 heterocycles. The number of amides is 2. The Morgan fingerprint density at radius 2 is 1.96 bits per heavy atom. The molecule has 0 unspecified atom stereocenters. The van der Waals surface area contributed by atoms with E-state index in [1.165, 1.54) is 5.56 Å². The molecule has 5 nitrogen and oxygen atoms in total. The fraction of sp³-hybridized carbons (Fsp3) is 0.400. The molecule has 26 heavy (non-hydrogen) atoms. The third-order valence-corrected chi connectivity index (χ3v) is 5.42. The van der Waals surface area contributed by atoms with Crippen LogP contribution in [0.25, 0.3) is 0 Å². The zero-order valence-electron chi connectivity index (χ0n) is 15.0. The van der Waals surface area contributed by atoms with Gasteiger partial charge in [-0.3, -0.25) is 4.98 Å². The molecule has 0 spiro atoms. The molecule has 1 saturated heterocycles. The van der Waals surface area contributed by atoms with Crippen LogP contribution in [0.4, 0.5) is 10.5 Å². The summed E-state index contributed by atoms with van der Waals surface area (Å²) in [5.74, 6) is 0. The number of anilines is 1. The van der Waals surface area contributed by atoms with E-state index in [1.54, 1.807) is 0 Å². The molecule has 0 aliphatic carbocycles. The summed E-state index contributed by atoms with van der Waals surface area (Å²) in [5, 5.41) is 6.02. The van der Waals surface area contributed by atoms with Crippen molar-refractivity contribution in [2.24, 2.45) is 0 Å². The minimum absolute atomic E-state index is 0.134. The van der Waals surface area contributed by atoms with Crippen LogP contribution in [-0.2, 0) is 6.42 Å². The minimum Gasteiger partial charge on any atom is -0.335 e. The molecule has 1 fully saturated rings. The number of pyridine rings is 1. The highest BCUT2D eigenvalue weighted by Crippen LogP contribution is 2.23. The van der Waals surface area contributed by atoms with Gasteiger partial charge in [0.1, 0.15) is 0 Å². The van der Waals surface area contributed by atoms with Crippen LogP contribution in [0.2, 0.25) is 0 Å². The van der Waals surface area contributed by atoms with Crippen molar-refractivity contribution < 1.29 is 4.79 Å². The molecule has 3 rings (SSSR count). The summed E-state index contributed by atoms with van der Waals surface area (Å²) < 4.78 is 0.901. The Bertz CT molecular complexity index is 730. The molecule has 1 aromatic carbocycles. The lowest BCUT2D eigenvalue weighted by molar-refractivity contribution is 0.197. The van der Waals surface area contributed by atoms with Crippen molar-refractivity contribution in [1.82, 2.24) is 15.2 Å². The lowest BCUT2D eigenvalue weighted by Gasteiger charge is -2.32. The highest BCUT2D eigenvalue weighted by molar-refractivity contribution is 9.10. The fourth-order valence-corrected chi connectivity index (χ4v) is 3.80. The number of carbonyl (C=O) groups is 1. The van der Waals surface area contributed by atoms with Crippen LogP contribution in [0.1, 0.15) is 24.0 Å². The molecule has 6 heteroatoms. The first-order chi connectivity index (χ1) is 12.6. The van der Waals surface area contributed by atoms with E-state index in [4.69, 9.17) is 0 Å². The Kier molecular flexibility index (Phi) is 6.63. The van der Waals surface area contributed by atoms with Gasteiger partial charge in [0.2, 0.25) is 0 Å². The average Bonchev–Trinajstić information content (AvgIpc) is 2.64. The van der Waals surface area contributed by atoms with Crippen LogP contribution >= 0.6 is 15.9 Å². The van der Waals surface area contributed by atoms with Crippen molar-refractivity contribution in [1.29, 1.82) is 0 Å². The van der Waals surface area contributed by atoms with Crippen LogP contribution in [0.3, 0.4) is 0 Å². The summed E-state index contributed by atoms with van der Waals surface area (Å²) in [4.78, 5) is 18.8. The summed E-state index contributed by atoms with van der Waals surface area (Å²) >= 11 is 3.49. The van der Waals surface area contributed by atoms with Crippen molar-refractivity contribution in [3.63, 3.8) is 0 Å². The molecule has 0 saturated carbocycles. The second-order valence-electron chi connectivity index (χ2n) is 6.80. The zero-order valence-corrected chi connectivity index (χ0v) is 16.6. The molecular formula is C20H25BrN4O. The predicted octanol–water partition coefficient (Wildman–Crippen LogP) is 3.98. The van der Waals surface area contributed by atoms with Gasteiger partial charge in [0, 0.05) is 42.5 Å². The van der Waals surface area contributed by atoms with Gasteiger partial charge in [0.05, 0.1) is 5.69 Å². The van der Waals surface area contributed by atoms with Crippen LogP contribution in [-0.4, -0.2) is 41.6 Å². The number of hydrogen-bond donors (Lipinski definition) is 2. The van der Waals surface area contributed by atoms with E-state index in [1.807, 2.05) is 37.5 Å². The number of halogens is 1. The van der Waals surface area contributed by atoms with E-state index < -0.39 is 0 Å². The van der Waals surface area contributed by atoms with Crippen LogP contribution in [0.15, 0.2) is 47.2 Å². The fourth-order valence-electron chi connectivity index (χ4n) is 3.20. The molecule has 138 valence electrons. The number of nitrogens with one attached hydrogen (secondary N) is 2. The number of carbonyl (C=O) groups excluding carboxylic acids is 1. The van der Waals surface area contributed by atoms with Gasteiger partial charge in [-0.25, -0.2) is 4.79 Å². The summed E-state index contributed by atoms with van der Waals surface area (Å²) in [6.07, 6.45) is 6.70. The molecule has 0 bridgehead atoms. The number of aryl methyl sites for hydroxylation is 1. The molecule has 1 aliphatic rings. The number of hydrogen-bond acceptors (Lipinski definition) is 3. The second kappa shape index (κ2) is 9.14. The van der Waals surface area contributed by atoms with Crippen molar-refractivity contribution in [3.8, 4) is 0 Å². The first kappa shape index (κ1) is 18.9. The Labute approximate surface area is 163 Å². The van der Waals surface area contributed by atoms with E-state index in [-0.39, 0.29) is 12.1 Å². The van der Waals surface area contributed by atoms with Gasteiger partial charge in [-0.2, -0.15) is 0 Å². The topological polar surface area (TPSA) is 57.3 Å². The molecule has 0 atom stereocenters. The minimum atomic E-state index is -0.134. The van der Waals surface area contributed by atoms with Gasteiger partial charge >= 0.3 is 6.03 Å². The number of piperidine rings is 1. The molecule has 2 amide bonds.